The van der Waals surface area contributed by atoms with Crippen LogP contribution in [-0.4, -0.2) is 0 Å². The zero-order valence-corrected chi connectivity index (χ0v) is 7.25. The summed E-state index contributed by atoms with van der Waals surface area (Å²) in [7, 11) is 0. The van der Waals surface area contributed by atoms with Crippen LogP contribution in [0.2, 0.25) is 0 Å². The molecule has 0 bridgehead atoms. The predicted octanol–water partition coefficient (Wildman–Crippen LogP) is 3.21. The van der Waals surface area contributed by atoms with Crippen LogP contribution in [0, 0.1) is 5.92 Å². The maximum absolute atomic E-state index is 2.29. The van der Waals surface area contributed by atoms with Gasteiger partial charge < -0.3 is 0 Å². The van der Waals surface area contributed by atoms with Crippen LogP contribution in [0.5, 0.6) is 0 Å². The van der Waals surface area contributed by atoms with Crippen molar-refractivity contribution in [2.45, 2.75) is 19.3 Å². The van der Waals surface area contributed by atoms with Gasteiger partial charge in [-0.1, -0.05) is 30.3 Å². The van der Waals surface area contributed by atoms with Crippen molar-refractivity contribution in [1.29, 1.82) is 0 Å². The van der Waals surface area contributed by atoms with Gasteiger partial charge >= 0.3 is 0 Å². The first-order chi connectivity index (χ1) is 5.92. The molecule has 0 aromatic heterocycles. The molecule has 0 spiro atoms. The van der Waals surface area contributed by atoms with Crippen molar-refractivity contribution in [2.24, 2.45) is 5.92 Å². The summed E-state index contributed by atoms with van der Waals surface area (Å²) in [5.41, 5.74) is 4.70. The highest BCUT2D eigenvalue weighted by Gasteiger charge is 2.47. The molecule has 3 rings (SSSR count). The minimum Gasteiger partial charge on any atom is -0.0835 e. The topological polar surface area (TPSA) is 0 Å². The molecule has 0 unspecified atom stereocenters. The Bertz CT molecular complexity index is 360. The molecule has 0 heterocycles. The Morgan fingerprint density at radius 3 is 2.92 bits per heavy atom. The lowest BCUT2D eigenvalue weighted by molar-refractivity contribution is 1.09. The van der Waals surface area contributed by atoms with Crippen LogP contribution in [0.4, 0.5) is 0 Å². The van der Waals surface area contributed by atoms with Gasteiger partial charge in [0.25, 0.3) is 0 Å². The molecule has 1 fully saturated rings. The Kier molecular flexibility index (Phi) is 1.08. The van der Waals surface area contributed by atoms with Gasteiger partial charge in [-0.3, -0.25) is 0 Å². The van der Waals surface area contributed by atoms with Crippen LogP contribution in [0.3, 0.4) is 0 Å². The van der Waals surface area contributed by atoms with Crippen LogP contribution in [0.25, 0.3) is 5.57 Å². The molecule has 1 aromatic carbocycles. The quantitative estimate of drug-likeness (QED) is 0.541. The van der Waals surface area contributed by atoms with Crippen molar-refractivity contribution in [2.75, 3.05) is 0 Å². The Labute approximate surface area is 72.9 Å². The van der Waals surface area contributed by atoms with Gasteiger partial charge in [-0.2, -0.15) is 0 Å². The molecule has 0 saturated heterocycles. The fourth-order valence-electron chi connectivity index (χ4n) is 2.53. The molecule has 0 aliphatic heterocycles. The van der Waals surface area contributed by atoms with Gasteiger partial charge in [0, 0.05) is 0 Å². The summed E-state index contributed by atoms with van der Waals surface area (Å²) in [6.07, 6.45) is 3.69. The number of benzene rings is 1. The number of hydrogen-bond acceptors (Lipinski definition) is 0. The SMILES string of the molecule is C/C=C1\c2ccccc2[C@H]2C[C@@H]12. The lowest BCUT2D eigenvalue weighted by atomic mass is 10.0. The van der Waals surface area contributed by atoms with E-state index in [4.69, 9.17) is 0 Å². The van der Waals surface area contributed by atoms with Gasteiger partial charge in [-0.05, 0) is 41.9 Å². The predicted molar refractivity (Wildman–Crippen MR) is 50.9 cm³/mol. The normalized spacial score (nSPS) is 33.2. The van der Waals surface area contributed by atoms with Gasteiger partial charge in [0.1, 0.15) is 0 Å². The average molecular weight is 156 g/mol. The zero-order valence-electron chi connectivity index (χ0n) is 7.25. The van der Waals surface area contributed by atoms with E-state index in [1.807, 2.05) is 0 Å². The van der Waals surface area contributed by atoms with Gasteiger partial charge in [0.2, 0.25) is 0 Å². The summed E-state index contributed by atoms with van der Waals surface area (Å²) in [5.74, 6) is 1.76. The van der Waals surface area contributed by atoms with E-state index in [0.717, 1.165) is 11.8 Å². The largest absolute Gasteiger partial charge is 0.0835 e. The molecule has 1 saturated carbocycles. The maximum atomic E-state index is 2.29. The van der Waals surface area contributed by atoms with Crippen molar-refractivity contribution in [3.05, 3.63) is 41.5 Å². The molecular formula is C12H12. The smallest absolute Gasteiger partial charge is 0.00807 e. The first kappa shape index (κ1) is 6.47. The molecule has 0 radical (unpaired) electrons. The van der Waals surface area contributed by atoms with Crippen molar-refractivity contribution in [3.8, 4) is 0 Å². The molecule has 0 N–H and O–H groups in total. The third kappa shape index (κ3) is 0.632. The standard InChI is InChI=1S/C12H12/c1-2-8-9-5-3-4-6-10(9)12-7-11(8)12/h2-6,11-12H,7H2,1H3/b8-2+/t11-,12+/m0/s1. The van der Waals surface area contributed by atoms with Crippen molar-refractivity contribution < 1.29 is 0 Å². The Hall–Kier alpha value is -1.04. The van der Waals surface area contributed by atoms with E-state index in [9.17, 15) is 0 Å². The highest BCUT2D eigenvalue weighted by atomic mass is 14.5. The second kappa shape index (κ2) is 2.01. The van der Waals surface area contributed by atoms with Crippen LogP contribution in [0.1, 0.15) is 30.4 Å². The third-order valence-corrected chi connectivity index (χ3v) is 3.17. The summed E-state index contributed by atoms with van der Waals surface area (Å²) in [4.78, 5) is 0. The van der Waals surface area contributed by atoms with E-state index >= 15 is 0 Å². The lowest BCUT2D eigenvalue weighted by Crippen LogP contribution is -1.83. The highest BCUT2D eigenvalue weighted by Crippen LogP contribution is 2.62. The van der Waals surface area contributed by atoms with Gasteiger partial charge in [-0.15, -0.1) is 0 Å². The van der Waals surface area contributed by atoms with Gasteiger partial charge in [-0.25, -0.2) is 0 Å². The number of hydrogen-bond donors (Lipinski definition) is 0. The number of rotatable bonds is 0. The molecular weight excluding hydrogens is 144 g/mol. The molecule has 2 aliphatic rings. The second-order valence-electron chi connectivity index (χ2n) is 3.78. The molecule has 0 amide bonds. The van der Waals surface area contributed by atoms with E-state index in [1.54, 1.807) is 11.1 Å². The van der Waals surface area contributed by atoms with E-state index in [-0.39, 0.29) is 0 Å². The first-order valence-corrected chi connectivity index (χ1v) is 4.67. The second-order valence-corrected chi connectivity index (χ2v) is 3.78. The number of allylic oxidation sites excluding steroid dienone is 2. The van der Waals surface area contributed by atoms with Crippen molar-refractivity contribution >= 4 is 5.57 Å². The van der Waals surface area contributed by atoms with Crippen LogP contribution < -0.4 is 0 Å². The minimum atomic E-state index is 0.882. The average Bonchev–Trinajstić information content (AvgIpc) is 2.83. The van der Waals surface area contributed by atoms with Crippen molar-refractivity contribution in [1.82, 2.24) is 0 Å². The fourth-order valence-corrected chi connectivity index (χ4v) is 2.53. The van der Waals surface area contributed by atoms with Gasteiger partial charge in [0.05, 0.1) is 0 Å². The zero-order chi connectivity index (χ0) is 8.13. The molecule has 0 nitrogen and oxygen atoms in total. The van der Waals surface area contributed by atoms with Gasteiger partial charge in [0.15, 0.2) is 0 Å². The van der Waals surface area contributed by atoms with E-state index in [0.29, 0.717) is 0 Å². The van der Waals surface area contributed by atoms with Crippen LogP contribution >= 0.6 is 0 Å². The third-order valence-electron chi connectivity index (χ3n) is 3.17. The van der Waals surface area contributed by atoms with E-state index in [2.05, 4.69) is 37.3 Å². The molecule has 2 atom stereocenters. The Morgan fingerprint density at radius 1 is 1.25 bits per heavy atom. The van der Waals surface area contributed by atoms with E-state index < -0.39 is 0 Å². The fraction of sp³-hybridized carbons (Fsp3) is 0.333. The molecule has 60 valence electrons. The lowest BCUT2D eigenvalue weighted by Gasteiger charge is -2.03. The van der Waals surface area contributed by atoms with Crippen molar-refractivity contribution in [3.63, 3.8) is 0 Å². The van der Waals surface area contributed by atoms with E-state index in [1.165, 1.54) is 12.0 Å². The monoisotopic (exact) mass is 156 g/mol. The molecule has 0 heteroatoms. The molecule has 12 heavy (non-hydrogen) atoms. The van der Waals surface area contributed by atoms with Crippen LogP contribution in [-0.2, 0) is 0 Å². The minimum absolute atomic E-state index is 0.882. The number of fused-ring (bicyclic) bond motifs is 3. The van der Waals surface area contributed by atoms with Crippen LogP contribution in [0.15, 0.2) is 30.3 Å². The Balaban J connectivity index is 2.25. The summed E-state index contributed by atoms with van der Waals surface area (Å²) in [6.45, 7) is 2.16. The summed E-state index contributed by atoms with van der Waals surface area (Å²) >= 11 is 0. The summed E-state index contributed by atoms with van der Waals surface area (Å²) in [5, 5.41) is 0. The Morgan fingerprint density at radius 2 is 2.08 bits per heavy atom. The summed E-state index contributed by atoms with van der Waals surface area (Å²) in [6, 6.07) is 8.85. The first-order valence-electron chi connectivity index (χ1n) is 4.67. The molecule has 1 aromatic rings. The summed E-state index contributed by atoms with van der Waals surface area (Å²) < 4.78 is 0. The molecule has 2 aliphatic carbocycles. The maximum Gasteiger partial charge on any atom is -0.00807 e. The highest BCUT2D eigenvalue weighted by molar-refractivity contribution is 5.79.